The van der Waals surface area contributed by atoms with Gasteiger partial charge in [-0.15, -0.1) is 0 Å². The highest BCUT2D eigenvalue weighted by Gasteiger charge is 2.09. The minimum Gasteiger partial charge on any atom is -0.492 e. The van der Waals surface area contributed by atoms with E-state index in [1.54, 1.807) is 31.2 Å². The molecule has 0 spiro atoms. The van der Waals surface area contributed by atoms with Crippen molar-refractivity contribution in [2.24, 2.45) is 5.73 Å². The Balaban J connectivity index is 2.67. The van der Waals surface area contributed by atoms with Gasteiger partial charge in [-0.3, -0.25) is 5.41 Å². The number of benzene rings is 1. The van der Waals surface area contributed by atoms with Crippen LogP contribution < -0.4 is 10.5 Å². The summed E-state index contributed by atoms with van der Waals surface area (Å²) >= 11 is 0. The average molecular weight is 256 g/mol. The van der Waals surface area contributed by atoms with Crippen molar-refractivity contribution < 1.29 is 13.2 Å². The molecule has 1 aromatic carbocycles. The Bertz CT molecular complexity index is 497. The second-order valence-corrected chi connectivity index (χ2v) is 5.97. The molecular formula is C11H16N2O3S. The van der Waals surface area contributed by atoms with Crippen LogP contribution in [0.3, 0.4) is 0 Å². The zero-order valence-electron chi connectivity index (χ0n) is 9.64. The molecule has 0 saturated carbocycles. The predicted octanol–water partition coefficient (Wildman–Crippen LogP) is 0.784. The van der Waals surface area contributed by atoms with E-state index in [9.17, 15) is 8.42 Å². The van der Waals surface area contributed by atoms with Gasteiger partial charge in [-0.2, -0.15) is 0 Å². The van der Waals surface area contributed by atoms with Gasteiger partial charge in [-0.25, -0.2) is 8.42 Å². The van der Waals surface area contributed by atoms with Crippen LogP contribution in [-0.4, -0.2) is 32.4 Å². The highest BCUT2D eigenvalue weighted by atomic mass is 32.2. The van der Waals surface area contributed by atoms with Gasteiger partial charge in [0.2, 0.25) is 0 Å². The fraction of sp³-hybridized carbons (Fsp3) is 0.364. The van der Waals surface area contributed by atoms with E-state index in [1.165, 1.54) is 0 Å². The standard InChI is InChI=1S/C11H16N2O3S/c1-2-17(14,15)8-7-16-10-6-4-3-5-9(10)11(12)13/h3-6H,2,7-8H2,1H3,(H3,12,13). The molecule has 0 radical (unpaired) electrons. The first-order chi connectivity index (χ1) is 7.96. The number of nitrogens with two attached hydrogens (primary N) is 1. The van der Waals surface area contributed by atoms with Crippen LogP contribution in [0.4, 0.5) is 0 Å². The monoisotopic (exact) mass is 256 g/mol. The molecule has 0 unspecified atom stereocenters. The summed E-state index contributed by atoms with van der Waals surface area (Å²) < 4.78 is 27.9. The van der Waals surface area contributed by atoms with Gasteiger partial charge < -0.3 is 10.5 Å². The van der Waals surface area contributed by atoms with E-state index in [4.69, 9.17) is 15.9 Å². The van der Waals surface area contributed by atoms with Crippen molar-refractivity contribution in [2.75, 3.05) is 18.1 Å². The molecule has 0 fully saturated rings. The Hall–Kier alpha value is -1.56. The largest absolute Gasteiger partial charge is 0.492 e. The zero-order chi connectivity index (χ0) is 12.9. The third kappa shape index (κ3) is 4.07. The zero-order valence-corrected chi connectivity index (χ0v) is 10.5. The fourth-order valence-corrected chi connectivity index (χ4v) is 1.86. The van der Waals surface area contributed by atoms with Crippen molar-refractivity contribution >= 4 is 15.7 Å². The maximum atomic E-state index is 11.3. The van der Waals surface area contributed by atoms with Gasteiger partial charge in [0.15, 0.2) is 9.84 Å². The third-order valence-corrected chi connectivity index (χ3v) is 3.94. The van der Waals surface area contributed by atoms with Gasteiger partial charge in [0.1, 0.15) is 18.2 Å². The van der Waals surface area contributed by atoms with Crippen molar-refractivity contribution in [3.63, 3.8) is 0 Å². The van der Waals surface area contributed by atoms with Gasteiger partial charge >= 0.3 is 0 Å². The number of hydrogen-bond acceptors (Lipinski definition) is 4. The van der Waals surface area contributed by atoms with E-state index in [-0.39, 0.29) is 23.9 Å². The number of para-hydroxylation sites is 1. The lowest BCUT2D eigenvalue weighted by atomic mass is 10.2. The Morgan fingerprint density at radius 1 is 1.41 bits per heavy atom. The van der Waals surface area contributed by atoms with E-state index in [2.05, 4.69) is 0 Å². The predicted molar refractivity (Wildman–Crippen MR) is 67.3 cm³/mol. The molecule has 0 aliphatic rings. The second kappa shape index (κ2) is 5.67. The smallest absolute Gasteiger partial charge is 0.153 e. The lowest BCUT2D eigenvalue weighted by molar-refractivity contribution is 0.340. The summed E-state index contributed by atoms with van der Waals surface area (Å²) in [5.74, 6) is 0.408. The molecule has 0 saturated heterocycles. The topological polar surface area (TPSA) is 93.2 Å². The normalized spacial score (nSPS) is 11.1. The Morgan fingerprint density at radius 3 is 2.65 bits per heavy atom. The van der Waals surface area contributed by atoms with Gasteiger partial charge in [-0.1, -0.05) is 19.1 Å². The minimum atomic E-state index is -3.03. The fourth-order valence-electron chi connectivity index (χ4n) is 1.24. The summed E-state index contributed by atoms with van der Waals surface area (Å²) in [5, 5.41) is 7.35. The van der Waals surface area contributed by atoms with Gasteiger partial charge in [0, 0.05) is 5.75 Å². The molecule has 0 atom stereocenters. The molecule has 6 heteroatoms. The Kier molecular flexibility index (Phi) is 4.51. The summed E-state index contributed by atoms with van der Waals surface area (Å²) in [4.78, 5) is 0. The quantitative estimate of drug-likeness (QED) is 0.581. The molecule has 0 bridgehead atoms. The first kappa shape index (κ1) is 13.5. The SMILES string of the molecule is CCS(=O)(=O)CCOc1ccccc1C(=N)N. The van der Waals surface area contributed by atoms with Crippen LogP contribution in [0.5, 0.6) is 5.75 Å². The van der Waals surface area contributed by atoms with Crippen LogP contribution >= 0.6 is 0 Å². The molecule has 3 N–H and O–H groups in total. The lowest BCUT2D eigenvalue weighted by Crippen LogP contribution is -2.18. The summed E-state index contributed by atoms with van der Waals surface area (Å²) in [6, 6.07) is 6.81. The van der Waals surface area contributed by atoms with Crippen LogP contribution in [0, 0.1) is 5.41 Å². The Labute approximate surface area is 101 Å². The molecule has 94 valence electrons. The van der Waals surface area contributed by atoms with E-state index >= 15 is 0 Å². The molecule has 0 aliphatic carbocycles. The first-order valence-corrected chi connectivity index (χ1v) is 7.05. The van der Waals surface area contributed by atoms with E-state index in [0.29, 0.717) is 11.3 Å². The minimum absolute atomic E-state index is 0.0320. The van der Waals surface area contributed by atoms with E-state index < -0.39 is 9.84 Å². The second-order valence-electron chi connectivity index (χ2n) is 3.49. The molecule has 0 heterocycles. The van der Waals surface area contributed by atoms with E-state index in [1.807, 2.05) is 0 Å². The van der Waals surface area contributed by atoms with Crippen molar-refractivity contribution in [2.45, 2.75) is 6.92 Å². The molecule has 0 aliphatic heterocycles. The van der Waals surface area contributed by atoms with Crippen LogP contribution in [0.15, 0.2) is 24.3 Å². The number of ether oxygens (including phenoxy) is 1. The molecule has 1 aromatic rings. The van der Waals surface area contributed by atoms with E-state index in [0.717, 1.165) is 0 Å². The maximum absolute atomic E-state index is 11.3. The molecule has 0 aromatic heterocycles. The van der Waals surface area contributed by atoms with Gasteiger partial charge in [0.05, 0.1) is 11.3 Å². The number of nitrogens with one attached hydrogen (secondary N) is 1. The lowest BCUT2D eigenvalue weighted by Gasteiger charge is -2.10. The number of hydrogen-bond donors (Lipinski definition) is 2. The Morgan fingerprint density at radius 2 is 2.06 bits per heavy atom. The van der Waals surface area contributed by atoms with Crippen molar-refractivity contribution in [1.29, 1.82) is 5.41 Å². The van der Waals surface area contributed by atoms with Crippen molar-refractivity contribution in [1.82, 2.24) is 0 Å². The number of nitrogen functional groups attached to an aromatic ring is 1. The van der Waals surface area contributed by atoms with Gasteiger partial charge in [0.25, 0.3) is 0 Å². The van der Waals surface area contributed by atoms with Crippen molar-refractivity contribution in [3.8, 4) is 5.75 Å². The molecule has 0 amide bonds. The summed E-state index contributed by atoms with van der Waals surface area (Å²) in [5.41, 5.74) is 5.86. The maximum Gasteiger partial charge on any atom is 0.153 e. The first-order valence-electron chi connectivity index (χ1n) is 5.23. The highest BCUT2D eigenvalue weighted by molar-refractivity contribution is 7.91. The highest BCUT2D eigenvalue weighted by Crippen LogP contribution is 2.16. The average Bonchev–Trinajstić information content (AvgIpc) is 2.29. The van der Waals surface area contributed by atoms with Gasteiger partial charge in [-0.05, 0) is 12.1 Å². The summed E-state index contributed by atoms with van der Waals surface area (Å²) in [6.07, 6.45) is 0. The van der Waals surface area contributed by atoms with Crippen LogP contribution in [0.1, 0.15) is 12.5 Å². The van der Waals surface area contributed by atoms with Crippen molar-refractivity contribution in [3.05, 3.63) is 29.8 Å². The molecular weight excluding hydrogens is 240 g/mol. The third-order valence-electron chi connectivity index (χ3n) is 2.27. The van der Waals surface area contributed by atoms with Crippen LogP contribution in [0.2, 0.25) is 0 Å². The number of rotatable bonds is 6. The summed E-state index contributed by atoms with van der Waals surface area (Å²) in [7, 11) is -3.03. The number of amidine groups is 1. The number of sulfone groups is 1. The summed E-state index contributed by atoms with van der Waals surface area (Å²) in [6.45, 7) is 1.67. The van der Waals surface area contributed by atoms with Crippen LogP contribution in [0.25, 0.3) is 0 Å². The molecule has 5 nitrogen and oxygen atoms in total. The van der Waals surface area contributed by atoms with Crippen LogP contribution in [-0.2, 0) is 9.84 Å². The molecule has 17 heavy (non-hydrogen) atoms. The molecule has 1 rings (SSSR count).